The predicted octanol–water partition coefficient (Wildman–Crippen LogP) is 4.29. The van der Waals surface area contributed by atoms with E-state index in [1.807, 2.05) is 30.3 Å². The summed E-state index contributed by atoms with van der Waals surface area (Å²) in [5, 5.41) is 2.80. The molecule has 25 heavy (non-hydrogen) atoms. The van der Waals surface area contributed by atoms with Crippen molar-refractivity contribution in [2.24, 2.45) is 0 Å². The van der Waals surface area contributed by atoms with Gasteiger partial charge in [0.15, 0.2) is 0 Å². The number of esters is 1. The third kappa shape index (κ3) is 3.61. The van der Waals surface area contributed by atoms with Gasteiger partial charge in [-0.1, -0.05) is 30.3 Å². The number of furan rings is 1. The molecule has 0 radical (unpaired) electrons. The van der Waals surface area contributed by atoms with Gasteiger partial charge in [-0.2, -0.15) is 0 Å². The fourth-order valence-corrected chi connectivity index (χ4v) is 2.46. The van der Waals surface area contributed by atoms with Crippen molar-refractivity contribution in [3.8, 4) is 11.3 Å². The lowest BCUT2D eigenvalue weighted by Gasteiger charge is -2.05. The van der Waals surface area contributed by atoms with Crippen LogP contribution in [0.1, 0.15) is 26.5 Å². The number of aryl methyl sites for hydroxylation is 1. The maximum atomic E-state index is 12.5. The molecule has 3 aromatic rings. The molecule has 0 bridgehead atoms. The van der Waals surface area contributed by atoms with Crippen molar-refractivity contribution in [1.82, 2.24) is 0 Å². The van der Waals surface area contributed by atoms with Gasteiger partial charge in [-0.15, -0.1) is 0 Å². The van der Waals surface area contributed by atoms with Gasteiger partial charge in [0.25, 0.3) is 5.91 Å². The van der Waals surface area contributed by atoms with Crippen molar-refractivity contribution in [3.63, 3.8) is 0 Å². The average molecular weight is 335 g/mol. The van der Waals surface area contributed by atoms with Gasteiger partial charge < -0.3 is 14.5 Å². The minimum absolute atomic E-state index is 0.269. The van der Waals surface area contributed by atoms with E-state index in [-0.39, 0.29) is 5.91 Å². The highest BCUT2D eigenvalue weighted by atomic mass is 16.5. The molecule has 1 aromatic heterocycles. The Balaban J connectivity index is 1.78. The molecule has 0 atom stereocenters. The molecule has 0 fully saturated rings. The molecule has 0 saturated carbocycles. The van der Waals surface area contributed by atoms with Crippen molar-refractivity contribution < 1.29 is 18.7 Å². The topological polar surface area (TPSA) is 68.5 Å². The first-order valence-electron chi connectivity index (χ1n) is 7.74. The second kappa shape index (κ2) is 7.05. The monoisotopic (exact) mass is 335 g/mol. The zero-order valence-corrected chi connectivity index (χ0v) is 13.9. The smallest absolute Gasteiger partial charge is 0.337 e. The van der Waals surface area contributed by atoms with Crippen LogP contribution < -0.4 is 5.32 Å². The molecule has 0 unspecified atom stereocenters. The van der Waals surface area contributed by atoms with Crippen LogP contribution in [0.2, 0.25) is 0 Å². The lowest BCUT2D eigenvalue weighted by atomic mass is 10.1. The average Bonchev–Trinajstić information content (AvgIpc) is 3.04. The Hall–Kier alpha value is -3.34. The van der Waals surface area contributed by atoms with Crippen LogP contribution in [-0.4, -0.2) is 19.0 Å². The molecule has 0 aliphatic rings. The van der Waals surface area contributed by atoms with Gasteiger partial charge in [0.1, 0.15) is 11.5 Å². The van der Waals surface area contributed by atoms with Gasteiger partial charge in [0.2, 0.25) is 0 Å². The number of ether oxygens (including phenoxy) is 1. The molecule has 0 aliphatic heterocycles. The summed E-state index contributed by atoms with van der Waals surface area (Å²) >= 11 is 0. The summed E-state index contributed by atoms with van der Waals surface area (Å²) in [5.74, 6) is 0.497. The Kier molecular flexibility index (Phi) is 4.66. The van der Waals surface area contributed by atoms with Crippen LogP contribution >= 0.6 is 0 Å². The highest BCUT2D eigenvalue weighted by molar-refractivity contribution is 6.05. The van der Waals surface area contributed by atoms with Crippen molar-refractivity contribution in [2.75, 3.05) is 12.4 Å². The number of nitrogens with one attached hydrogen (secondary N) is 1. The number of carbonyl (C=O) groups excluding carboxylic acids is 2. The Labute approximate surface area is 145 Å². The van der Waals surface area contributed by atoms with Crippen LogP contribution in [0.25, 0.3) is 11.3 Å². The molecule has 5 heteroatoms. The van der Waals surface area contributed by atoms with Crippen LogP contribution in [0, 0.1) is 6.92 Å². The molecule has 5 nitrogen and oxygen atoms in total. The molecule has 1 N–H and O–H groups in total. The fraction of sp³-hybridized carbons (Fsp3) is 0.100. The standard InChI is InChI=1S/C20H17NO4/c1-13-17(12-18(25-13)14-6-4-3-5-7-14)19(22)21-16-10-8-15(9-11-16)20(23)24-2/h3-12H,1-2H3,(H,21,22). The number of methoxy groups -OCH3 is 1. The first kappa shape index (κ1) is 16.5. The summed E-state index contributed by atoms with van der Waals surface area (Å²) in [4.78, 5) is 23.9. The SMILES string of the molecule is COC(=O)c1ccc(NC(=O)c2cc(-c3ccccc3)oc2C)cc1. The minimum Gasteiger partial charge on any atom is -0.465 e. The summed E-state index contributed by atoms with van der Waals surface area (Å²) in [7, 11) is 1.32. The number of carbonyl (C=O) groups is 2. The van der Waals surface area contributed by atoms with Crippen LogP contribution in [0.5, 0.6) is 0 Å². The second-order valence-electron chi connectivity index (χ2n) is 5.47. The van der Waals surface area contributed by atoms with Gasteiger partial charge in [0, 0.05) is 11.3 Å². The number of hydrogen-bond acceptors (Lipinski definition) is 4. The van der Waals surface area contributed by atoms with Gasteiger partial charge in [0.05, 0.1) is 18.2 Å². The van der Waals surface area contributed by atoms with Gasteiger partial charge in [-0.25, -0.2) is 4.79 Å². The molecule has 0 aliphatic carbocycles. The molecule has 0 spiro atoms. The summed E-state index contributed by atoms with van der Waals surface area (Å²) in [6.45, 7) is 1.75. The highest BCUT2D eigenvalue weighted by Gasteiger charge is 2.16. The van der Waals surface area contributed by atoms with E-state index < -0.39 is 5.97 Å². The normalized spacial score (nSPS) is 10.3. The number of hydrogen-bond donors (Lipinski definition) is 1. The Bertz CT molecular complexity index is 895. The van der Waals surface area contributed by atoms with Crippen LogP contribution in [0.15, 0.2) is 65.1 Å². The first-order valence-corrected chi connectivity index (χ1v) is 7.74. The molecule has 1 heterocycles. The number of benzene rings is 2. The van der Waals surface area contributed by atoms with Gasteiger partial charge >= 0.3 is 5.97 Å². The Morgan fingerprint density at radius 3 is 2.32 bits per heavy atom. The van der Waals surface area contributed by atoms with Crippen molar-refractivity contribution in [1.29, 1.82) is 0 Å². The van der Waals surface area contributed by atoms with E-state index in [1.54, 1.807) is 37.3 Å². The van der Waals surface area contributed by atoms with E-state index in [0.29, 0.717) is 28.3 Å². The van der Waals surface area contributed by atoms with Crippen LogP contribution in [0.3, 0.4) is 0 Å². The number of rotatable bonds is 4. The van der Waals surface area contributed by atoms with E-state index >= 15 is 0 Å². The summed E-state index contributed by atoms with van der Waals surface area (Å²) in [6, 6.07) is 17.8. The molecule has 2 aromatic carbocycles. The van der Waals surface area contributed by atoms with E-state index in [1.165, 1.54) is 7.11 Å². The van der Waals surface area contributed by atoms with Gasteiger partial charge in [-0.3, -0.25) is 4.79 Å². The van der Waals surface area contributed by atoms with Crippen molar-refractivity contribution in [2.45, 2.75) is 6.92 Å². The first-order chi connectivity index (χ1) is 12.1. The summed E-state index contributed by atoms with van der Waals surface area (Å²) < 4.78 is 10.4. The predicted molar refractivity (Wildman–Crippen MR) is 94.6 cm³/mol. The lowest BCUT2D eigenvalue weighted by molar-refractivity contribution is 0.0600. The number of amides is 1. The molecular weight excluding hydrogens is 318 g/mol. The summed E-state index contributed by atoms with van der Waals surface area (Å²) in [6.07, 6.45) is 0. The van der Waals surface area contributed by atoms with Crippen LogP contribution in [-0.2, 0) is 4.74 Å². The summed E-state index contributed by atoms with van der Waals surface area (Å²) in [5.41, 5.74) is 2.38. The second-order valence-corrected chi connectivity index (χ2v) is 5.47. The maximum Gasteiger partial charge on any atom is 0.337 e. The number of anilines is 1. The maximum absolute atomic E-state index is 12.5. The van der Waals surface area contributed by atoms with Crippen molar-refractivity contribution in [3.05, 3.63) is 77.6 Å². The zero-order chi connectivity index (χ0) is 17.8. The third-order valence-corrected chi connectivity index (χ3v) is 3.78. The molecule has 0 saturated heterocycles. The van der Waals surface area contributed by atoms with E-state index in [9.17, 15) is 9.59 Å². The van der Waals surface area contributed by atoms with Crippen LogP contribution in [0.4, 0.5) is 5.69 Å². The largest absolute Gasteiger partial charge is 0.465 e. The molecular formula is C20H17NO4. The Morgan fingerprint density at radius 1 is 1.00 bits per heavy atom. The molecule has 126 valence electrons. The Morgan fingerprint density at radius 2 is 1.68 bits per heavy atom. The van der Waals surface area contributed by atoms with Crippen molar-refractivity contribution >= 4 is 17.6 Å². The van der Waals surface area contributed by atoms with E-state index in [4.69, 9.17) is 4.42 Å². The quantitative estimate of drug-likeness (QED) is 0.722. The molecule has 1 amide bonds. The zero-order valence-electron chi connectivity index (χ0n) is 13.9. The lowest BCUT2D eigenvalue weighted by Crippen LogP contribution is -2.12. The third-order valence-electron chi connectivity index (χ3n) is 3.78. The van der Waals surface area contributed by atoms with E-state index in [2.05, 4.69) is 10.1 Å². The molecule has 3 rings (SSSR count). The fourth-order valence-electron chi connectivity index (χ4n) is 2.46. The van der Waals surface area contributed by atoms with E-state index in [0.717, 1.165) is 5.56 Å². The van der Waals surface area contributed by atoms with Gasteiger partial charge in [-0.05, 0) is 37.3 Å². The highest BCUT2D eigenvalue weighted by Crippen LogP contribution is 2.25. The minimum atomic E-state index is -0.420.